The van der Waals surface area contributed by atoms with Crippen LogP contribution in [0, 0.1) is 11.8 Å². The van der Waals surface area contributed by atoms with Crippen molar-refractivity contribution in [3.8, 4) is 5.75 Å². The molecule has 1 unspecified atom stereocenters. The van der Waals surface area contributed by atoms with Crippen LogP contribution in [0.15, 0.2) is 18.2 Å². The van der Waals surface area contributed by atoms with Gasteiger partial charge >= 0.3 is 0 Å². The Morgan fingerprint density at radius 3 is 2.27 bits per heavy atom. The lowest BCUT2D eigenvalue weighted by Gasteiger charge is -2.30. The molecule has 2 rings (SSSR count). The Morgan fingerprint density at radius 1 is 1.09 bits per heavy atom. The van der Waals surface area contributed by atoms with Gasteiger partial charge in [-0.1, -0.05) is 27.7 Å². The number of ether oxygens (including phenoxy) is 1. The zero-order valence-corrected chi connectivity index (χ0v) is 14.7. The minimum absolute atomic E-state index is 0.281. The van der Waals surface area contributed by atoms with Crippen molar-refractivity contribution < 1.29 is 4.74 Å². The van der Waals surface area contributed by atoms with Gasteiger partial charge in [-0.15, -0.1) is 0 Å². The van der Waals surface area contributed by atoms with Crippen LogP contribution >= 0.6 is 0 Å². The summed E-state index contributed by atoms with van der Waals surface area (Å²) in [4.78, 5) is 10.8. The Bertz CT molecular complexity index is 593. The largest absolute Gasteiger partial charge is 0.497 e. The standard InChI is InChI=1S/C18H29N3O/c1-12(2)10-21(11-13(3)4)14(5)18-19-16-8-7-15(22-6)9-17(16)20-18/h7-9,12-14H,10-11H2,1-6H3,(H,19,20). The van der Waals surface area contributed by atoms with E-state index in [1.165, 1.54) is 0 Å². The fraction of sp³-hybridized carbons (Fsp3) is 0.611. The van der Waals surface area contributed by atoms with Crippen LogP contribution in [0.25, 0.3) is 11.0 Å². The highest BCUT2D eigenvalue weighted by Crippen LogP contribution is 2.25. The van der Waals surface area contributed by atoms with Gasteiger partial charge in [-0.25, -0.2) is 4.98 Å². The van der Waals surface area contributed by atoms with Gasteiger partial charge in [0.15, 0.2) is 0 Å². The maximum Gasteiger partial charge on any atom is 0.124 e. The zero-order valence-electron chi connectivity index (χ0n) is 14.7. The van der Waals surface area contributed by atoms with Crippen LogP contribution in [-0.4, -0.2) is 35.1 Å². The summed E-state index contributed by atoms with van der Waals surface area (Å²) in [5.74, 6) is 3.18. The number of rotatable bonds is 7. The predicted octanol–water partition coefficient (Wildman–Crippen LogP) is 4.25. The molecule has 0 saturated heterocycles. The van der Waals surface area contributed by atoms with Crippen molar-refractivity contribution in [1.82, 2.24) is 14.9 Å². The summed E-state index contributed by atoms with van der Waals surface area (Å²) in [5, 5.41) is 0. The van der Waals surface area contributed by atoms with E-state index in [4.69, 9.17) is 9.72 Å². The minimum Gasteiger partial charge on any atom is -0.497 e. The van der Waals surface area contributed by atoms with Crippen molar-refractivity contribution in [3.05, 3.63) is 24.0 Å². The highest BCUT2D eigenvalue weighted by molar-refractivity contribution is 5.76. The number of nitrogens with zero attached hydrogens (tertiary/aromatic N) is 2. The maximum atomic E-state index is 5.29. The molecular formula is C18H29N3O. The molecule has 0 aliphatic rings. The van der Waals surface area contributed by atoms with Crippen LogP contribution in [0.5, 0.6) is 5.75 Å². The maximum absolute atomic E-state index is 5.29. The number of aromatic amines is 1. The van der Waals surface area contributed by atoms with E-state index in [0.717, 1.165) is 35.7 Å². The quantitative estimate of drug-likeness (QED) is 0.831. The van der Waals surface area contributed by atoms with Gasteiger partial charge in [0.25, 0.3) is 0 Å². The first kappa shape index (κ1) is 16.8. The molecule has 1 atom stereocenters. The molecule has 0 spiro atoms. The first-order valence-corrected chi connectivity index (χ1v) is 8.18. The molecule has 1 aromatic carbocycles. The molecule has 4 heteroatoms. The smallest absolute Gasteiger partial charge is 0.124 e. The number of hydrogen-bond acceptors (Lipinski definition) is 3. The molecule has 0 fully saturated rings. The molecule has 4 nitrogen and oxygen atoms in total. The molecule has 0 amide bonds. The van der Waals surface area contributed by atoms with Gasteiger partial charge in [0.2, 0.25) is 0 Å². The molecule has 2 aromatic rings. The number of methoxy groups -OCH3 is 1. The van der Waals surface area contributed by atoms with Crippen LogP contribution in [-0.2, 0) is 0 Å². The van der Waals surface area contributed by atoms with Gasteiger partial charge in [-0.05, 0) is 30.9 Å². The third kappa shape index (κ3) is 4.01. The highest BCUT2D eigenvalue weighted by atomic mass is 16.5. The van der Waals surface area contributed by atoms with Gasteiger partial charge in [0.1, 0.15) is 11.6 Å². The average Bonchev–Trinajstić information content (AvgIpc) is 2.87. The lowest BCUT2D eigenvalue weighted by molar-refractivity contribution is 0.162. The SMILES string of the molecule is COc1ccc2nc(C(C)N(CC(C)C)CC(C)C)[nH]c2c1. The molecule has 1 N–H and O–H groups in total. The van der Waals surface area contributed by atoms with E-state index in [9.17, 15) is 0 Å². The third-order valence-corrected chi connectivity index (χ3v) is 3.85. The second-order valence-corrected chi connectivity index (χ2v) is 6.92. The molecule has 1 aromatic heterocycles. The van der Waals surface area contributed by atoms with Crippen molar-refractivity contribution in [2.24, 2.45) is 11.8 Å². The molecule has 1 heterocycles. The van der Waals surface area contributed by atoms with E-state index in [1.807, 2.05) is 18.2 Å². The van der Waals surface area contributed by atoms with Crippen LogP contribution in [0.1, 0.15) is 46.5 Å². The summed E-state index contributed by atoms with van der Waals surface area (Å²) in [5.41, 5.74) is 2.03. The van der Waals surface area contributed by atoms with E-state index < -0.39 is 0 Å². The second kappa shape index (κ2) is 7.14. The number of nitrogens with one attached hydrogen (secondary N) is 1. The molecule has 22 heavy (non-hydrogen) atoms. The predicted molar refractivity (Wildman–Crippen MR) is 92.3 cm³/mol. The highest BCUT2D eigenvalue weighted by Gasteiger charge is 2.20. The third-order valence-electron chi connectivity index (χ3n) is 3.85. The van der Waals surface area contributed by atoms with Gasteiger partial charge in [0.05, 0.1) is 24.2 Å². The molecule has 122 valence electrons. The molecule has 0 radical (unpaired) electrons. The Kier molecular flexibility index (Phi) is 5.46. The number of fused-ring (bicyclic) bond motifs is 1. The first-order valence-electron chi connectivity index (χ1n) is 8.18. The van der Waals surface area contributed by atoms with E-state index >= 15 is 0 Å². The summed E-state index contributed by atoms with van der Waals surface area (Å²) >= 11 is 0. The van der Waals surface area contributed by atoms with Crippen LogP contribution < -0.4 is 4.74 Å². The van der Waals surface area contributed by atoms with E-state index in [2.05, 4.69) is 44.5 Å². The summed E-state index contributed by atoms with van der Waals surface area (Å²) in [6.45, 7) is 13.5. The number of benzene rings is 1. The number of hydrogen-bond donors (Lipinski definition) is 1. The fourth-order valence-corrected chi connectivity index (χ4v) is 2.84. The summed E-state index contributed by atoms with van der Waals surface area (Å²) in [7, 11) is 1.69. The van der Waals surface area contributed by atoms with Crippen molar-refractivity contribution in [1.29, 1.82) is 0 Å². The van der Waals surface area contributed by atoms with Gasteiger partial charge in [-0.3, -0.25) is 4.90 Å². The Balaban J connectivity index is 2.26. The molecular weight excluding hydrogens is 274 g/mol. The average molecular weight is 303 g/mol. The van der Waals surface area contributed by atoms with Gasteiger partial charge in [0, 0.05) is 19.2 Å². The van der Waals surface area contributed by atoms with Crippen molar-refractivity contribution >= 4 is 11.0 Å². The number of imidazole rings is 1. The first-order chi connectivity index (χ1) is 10.4. The number of H-pyrrole nitrogens is 1. The van der Waals surface area contributed by atoms with E-state index in [-0.39, 0.29) is 6.04 Å². The van der Waals surface area contributed by atoms with E-state index in [1.54, 1.807) is 7.11 Å². The molecule has 0 aliphatic carbocycles. The monoisotopic (exact) mass is 303 g/mol. The topological polar surface area (TPSA) is 41.1 Å². The van der Waals surface area contributed by atoms with Gasteiger partial charge < -0.3 is 9.72 Å². The summed E-state index contributed by atoms with van der Waals surface area (Å²) in [6, 6.07) is 6.25. The summed E-state index contributed by atoms with van der Waals surface area (Å²) in [6.07, 6.45) is 0. The van der Waals surface area contributed by atoms with E-state index in [0.29, 0.717) is 11.8 Å². The van der Waals surface area contributed by atoms with Gasteiger partial charge in [-0.2, -0.15) is 0 Å². The molecule has 0 saturated carbocycles. The second-order valence-electron chi connectivity index (χ2n) is 6.92. The lowest BCUT2D eigenvalue weighted by atomic mass is 10.1. The van der Waals surface area contributed by atoms with Crippen molar-refractivity contribution in [3.63, 3.8) is 0 Å². The number of aromatic nitrogens is 2. The zero-order chi connectivity index (χ0) is 16.3. The molecule has 0 bridgehead atoms. The Hall–Kier alpha value is -1.55. The van der Waals surface area contributed by atoms with Crippen LogP contribution in [0.4, 0.5) is 0 Å². The Labute approximate surface area is 133 Å². The lowest BCUT2D eigenvalue weighted by Crippen LogP contribution is -2.34. The Morgan fingerprint density at radius 2 is 1.73 bits per heavy atom. The van der Waals surface area contributed by atoms with Crippen LogP contribution in [0.3, 0.4) is 0 Å². The van der Waals surface area contributed by atoms with Crippen molar-refractivity contribution in [2.75, 3.05) is 20.2 Å². The molecule has 0 aliphatic heterocycles. The fourth-order valence-electron chi connectivity index (χ4n) is 2.84. The normalized spacial score (nSPS) is 13.5. The minimum atomic E-state index is 0.281. The summed E-state index contributed by atoms with van der Waals surface area (Å²) < 4.78 is 5.29. The van der Waals surface area contributed by atoms with Crippen molar-refractivity contribution in [2.45, 2.75) is 40.7 Å². The van der Waals surface area contributed by atoms with Crippen LogP contribution in [0.2, 0.25) is 0 Å².